The maximum Gasteiger partial charge on any atom is 0.212 e. The van der Waals surface area contributed by atoms with Crippen molar-refractivity contribution in [3.63, 3.8) is 0 Å². The Bertz CT molecular complexity index is 1200. The highest BCUT2D eigenvalue weighted by atomic mass is 28.3. The number of nitrogens with zero attached hydrogens (tertiary/aromatic N) is 1. The minimum atomic E-state index is -1.51. The highest BCUT2D eigenvalue weighted by Gasteiger charge is 2.34. The van der Waals surface area contributed by atoms with Crippen molar-refractivity contribution in [2.75, 3.05) is 0 Å². The van der Waals surface area contributed by atoms with Crippen LogP contribution in [0, 0.1) is 6.92 Å². The highest BCUT2D eigenvalue weighted by Crippen LogP contribution is 2.44. The van der Waals surface area contributed by atoms with Crippen LogP contribution in [0.1, 0.15) is 17.0 Å². The normalized spacial score (nSPS) is 19.9. The molecule has 0 saturated carbocycles. The number of aryl methyl sites for hydroxylation is 2. The van der Waals surface area contributed by atoms with Crippen LogP contribution in [0.4, 0.5) is 0 Å². The van der Waals surface area contributed by atoms with E-state index >= 15 is 0 Å². The molecule has 1 aliphatic heterocycles. The van der Waals surface area contributed by atoms with Crippen molar-refractivity contribution in [2.45, 2.75) is 38.6 Å². The number of ether oxygens (including phenoxy) is 1. The molecule has 0 radical (unpaired) electrons. The third-order valence-electron chi connectivity index (χ3n) is 6.35. The van der Waals surface area contributed by atoms with E-state index in [4.69, 9.17) is 4.74 Å². The molecule has 5 rings (SSSR count). The lowest BCUT2D eigenvalue weighted by Gasteiger charge is -2.20. The lowest BCUT2D eigenvalue weighted by atomic mass is 9.89. The van der Waals surface area contributed by atoms with Gasteiger partial charge in [-0.25, -0.2) is 0 Å². The molecule has 3 aromatic rings. The van der Waals surface area contributed by atoms with E-state index in [2.05, 4.69) is 105 Å². The fourth-order valence-corrected chi connectivity index (χ4v) is 6.37. The number of hydrogen-bond donors (Lipinski definition) is 0. The van der Waals surface area contributed by atoms with Gasteiger partial charge in [0.1, 0.15) is 18.9 Å². The number of para-hydroxylation sites is 1. The van der Waals surface area contributed by atoms with Gasteiger partial charge in [-0.15, -0.1) is 0 Å². The number of pyridine rings is 1. The summed E-state index contributed by atoms with van der Waals surface area (Å²) in [7, 11) is 0.686. The first-order valence-electron chi connectivity index (χ1n) is 10.4. The molecule has 1 aromatic heterocycles. The Hall–Kier alpha value is -2.65. The molecule has 0 saturated heterocycles. The number of fused-ring (bicyclic) bond motifs is 4. The molecule has 146 valence electrons. The first-order valence-corrected chi connectivity index (χ1v) is 13.9. The topological polar surface area (TPSA) is 13.1 Å². The molecule has 2 aromatic carbocycles. The van der Waals surface area contributed by atoms with Crippen LogP contribution in [0.15, 0.2) is 66.8 Å². The van der Waals surface area contributed by atoms with Crippen molar-refractivity contribution in [1.82, 2.24) is 0 Å². The molecule has 2 atom stereocenters. The summed E-state index contributed by atoms with van der Waals surface area (Å²) in [6.07, 6.45) is 8.79. The first-order chi connectivity index (χ1) is 13.8. The lowest BCUT2D eigenvalue weighted by Crippen LogP contribution is -2.43. The lowest BCUT2D eigenvalue weighted by molar-refractivity contribution is -0.633. The van der Waals surface area contributed by atoms with E-state index in [-0.39, 0.29) is 6.10 Å². The molecule has 0 fully saturated rings. The molecule has 0 bridgehead atoms. The minimum Gasteiger partial charge on any atom is -0.485 e. The molecule has 2 nitrogen and oxygen atoms in total. The number of allylic oxidation sites excluding steroid dienone is 2. The standard InChI is InChI=1S/C26H28NOSi/c1-17-14-25-21(18-10-7-9-13-24(18)28-25)15-20(17)23-16-26(29(3,4)5)19-11-6-8-12-22(19)27(23)2/h6-16,18,24H,1-5H3/q+1. The van der Waals surface area contributed by atoms with Crippen LogP contribution >= 0.6 is 0 Å². The van der Waals surface area contributed by atoms with Gasteiger partial charge in [0.15, 0.2) is 0 Å². The Balaban J connectivity index is 1.76. The van der Waals surface area contributed by atoms with Gasteiger partial charge in [0, 0.05) is 34.6 Å². The van der Waals surface area contributed by atoms with Crippen LogP contribution in [0.2, 0.25) is 19.6 Å². The van der Waals surface area contributed by atoms with Crippen LogP contribution < -0.4 is 14.5 Å². The molecule has 2 heterocycles. The van der Waals surface area contributed by atoms with Crippen molar-refractivity contribution in [1.29, 1.82) is 0 Å². The average Bonchev–Trinajstić information content (AvgIpc) is 3.04. The Kier molecular flexibility index (Phi) is 4.07. The number of hydrogen-bond acceptors (Lipinski definition) is 1. The third-order valence-corrected chi connectivity index (χ3v) is 8.37. The summed E-state index contributed by atoms with van der Waals surface area (Å²) >= 11 is 0. The summed E-state index contributed by atoms with van der Waals surface area (Å²) in [5.74, 6) is 1.35. The van der Waals surface area contributed by atoms with Gasteiger partial charge in [-0.2, -0.15) is 4.57 Å². The van der Waals surface area contributed by atoms with E-state index in [1.807, 2.05) is 0 Å². The summed E-state index contributed by atoms with van der Waals surface area (Å²) in [6, 6.07) is 15.9. The highest BCUT2D eigenvalue weighted by molar-refractivity contribution is 6.90. The molecule has 2 aliphatic rings. The van der Waals surface area contributed by atoms with Crippen LogP contribution in [0.5, 0.6) is 5.75 Å². The second-order valence-electron chi connectivity index (χ2n) is 9.35. The number of aromatic nitrogens is 1. The molecule has 0 spiro atoms. The quantitative estimate of drug-likeness (QED) is 0.429. The van der Waals surface area contributed by atoms with Crippen molar-refractivity contribution in [3.8, 4) is 17.0 Å². The average molecular weight is 399 g/mol. The van der Waals surface area contributed by atoms with Crippen molar-refractivity contribution in [2.24, 2.45) is 7.05 Å². The minimum absolute atomic E-state index is 0.132. The SMILES string of the molecule is Cc1cc2c(cc1-c1cc([Si](C)(C)C)c3ccccc3[n+]1C)C1C=CC=CC1O2. The molecular weight excluding hydrogens is 370 g/mol. The maximum atomic E-state index is 6.22. The fraction of sp³-hybridized carbons (Fsp3) is 0.269. The van der Waals surface area contributed by atoms with Gasteiger partial charge in [0.25, 0.3) is 0 Å². The van der Waals surface area contributed by atoms with E-state index in [1.165, 1.54) is 38.5 Å². The Morgan fingerprint density at radius 2 is 1.72 bits per heavy atom. The van der Waals surface area contributed by atoms with E-state index in [1.54, 1.807) is 0 Å². The summed E-state index contributed by atoms with van der Waals surface area (Å²) in [5, 5.41) is 2.91. The van der Waals surface area contributed by atoms with Gasteiger partial charge in [-0.05, 0) is 41.9 Å². The zero-order chi connectivity index (χ0) is 20.3. The monoisotopic (exact) mass is 398 g/mol. The van der Waals surface area contributed by atoms with E-state index in [0.717, 1.165) is 5.75 Å². The molecule has 0 amide bonds. The summed E-state index contributed by atoms with van der Waals surface area (Å²) in [4.78, 5) is 0. The Morgan fingerprint density at radius 3 is 2.52 bits per heavy atom. The molecule has 29 heavy (non-hydrogen) atoms. The van der Waals surface area contributed by atoms with E-state index < -0.39 is 8.07 Å². The van der Waals surface area contributed by atoms with E-state index in [0.29, 0.717) is 5.92 Å². The predicted octanol–water partition coefficient (Wildman–Crippen LogP) is 5.16. The second-order valence-corrected chi connectivity index (χ2v) is 14.4. The smallest absolute Gasteiger partial charge is 0.212 e. The third kappa shape index (κ3) is 2.87. The molecular formula is C26H28NOSi+. The van der Waals surface area contributed by atoms with Gasteiger partial charge < -0.3 is 4.74 Å². The van der Waals surface area contributed by atoms with Crippen molar-refractivity contribution in [3.05, 3.63) is 77.9 Å². The van der Waals surface area contributed by atoms with Gasteiger partial charge >= 0.3 is 0 Å². The van der Waals surface area contributed by atoms with Crippen LogP contribution in [-0.2, 0) is 7.05 Å². The van der Waals surface area contributed by atoms with E-state index in [9.17, 15) is 0 Å². The fourth-order valence-electron chi connectivity index (χ4n) is 4.78. The zero-order valence-electron chi connectivity index (χ0n) is 17.9. The molecule has 3 heteroatoms. The first kappa shape index (κ1) is 18.4. The molecule has 0 N–H and O–H groups in total. The summed E-state index contributed by atoms with van der Waals surface area (Å²) < 4.78 is 8.58. The van der Waals surface area contributed by atoms with Gasteiger partial charge in [-0.3, -0.25) is 0 Å². The zero-order valence-corrected chi connectivity index (χ0v) is 18.9. The maximum absolute atomic E-state index is 6.22. The van der Waals surface area contributed by atoms with Gasteiger partial charge in [0.2, 0.25) is 11.2 Å². The predicted molar refractivity (Wildman–Crippen MR) is 124 cm³/mol. The Morgan fingerprint density at radius 1 is 0.966 bits per heavy atom. The summed E-state index contributed by atoms with van der Waals surface area (Å²) in [6.45, 7) is 9.51. The Labute approximate surface area is 174 Å². The van der Waals surface area contributed by atoms with Crippen LogP contribution in [-0.4, -0.2) is 14.2 Å². The largest absolute Gasteiger partial charge is 0.485 e. The number of rotatable bonds is 2. The van der Waals surface area contributed by atoms with Gasteiger partial charge in [0.05, 0.1) is 8.07 Å². The van der Waals surface area contributed by atoms with Crippen LogP contribution in [0.3, 0.4) is 0 Å². The second kappa shape index (κ2) is 6.43. The number of benzene rings is 2. The van der Waals surface area contributed by atoms with Crippen molar-refractivity contribution < 1.29 is 9.30 Å². The summed E-state index contributed by atoms with van der Waals surface area (Å²) in [5.41, 5.74) is 6.47. The van der Waals surface area contributed by atoms with Gasteiger partial charge in [-0.1, -0.05) is 50.0 Å². The molecule has 2 unspecified atom stereocenters. The molecule has 1 aliphatic carbocycles. The van der Waals surface area contributed by atoms with Crippen LogP contribution in [0.25, 0.3) is 22.2 Å². The van der Waals surface area contributed by atoms with Crippen molar-refractivity contribution >= 4 is 24.2 Å².